The zero-order valence-corrected chi connectivity index (χ0v) is 20.6. The van der Waals surface area contributed by atoms with E-state index in [1.54, 1.807) is 21.3 Å². The molecule has 2 fully saturated rings. The van der Waals surface area contributed by atoms with Crippen molar-refractivity contribution >= 4 is 5.97 Å². The van der Waals surface area contributed by atoms with Crippen LogP contribution in [0.15, 0.2) is 24.3 Å². The number of methoxy groups -OCH3 is 3. The van der Waals surface area contributed by atoms with Crippen LogP contribution in [0.2, 0.25) is 0 Å². The predicted octanol–water partition coefficient (Wildman–Crippen LogP) is 3.96. The summed E-state index contributed by atoms with van der Waals surface area (Å²) in [5.74, 6) is 1.59. The van der Waals surface area contributed by atoms with Crippen LogP contribution in [-0.2, 0) is 19.0 Å². The number of carbonyl (C=O) groups is 1. The van der Waals surface area contributed by atoms with E-state index < -0.39 is 5.92 Å². The van der Waals surface area contributed by atoms with E-state index in [2.05, 4.69) is 0 Å². The van der Waals surface area contributed by atoms with Crippen LogP contribution in [0.3, 0.4) is 0 Å². The Hall–Kier alpha value is -3.17. The number of fused-ring (bicyclic) bond motifs is 3. The molecule has 0 aromatic heterocycles. The summed E-state index contributed by atoms with van der Waals surface area (Å²) >= 11 is 0. The molecule has 0 unspecified atom stereocenters. The van der Waals surface area contributed by atoms with Crippen molar-refractivity contribution in [2.24, 2.45) is 11.8 Å². The molecule has 0 radical (unpaired) electrons. The van der Waals surface area contributed by atoms with Crippen LogP contribution in [0.5, 0.6) is 28.7 Å². The molecule has 2 aromatic rings. The maximum Gasteiger partial charge on any atom is 0.310 e. The van der Waals surface area contributed by atoms with E-state index in [4.69, 9.17) is 37.9 Å². The van der Waals surface area contributed by atoms with Crippen molar-refractivity contribution in [3.63, 3.8) is 0 Å². The number of benzene rings is 2. The summed E-state index contributed by atoms with van der Waals surface area (Å²) in [6.45, 7) is 1.10. The third-order valence-corrected chi connectivity index (χ3v) is 7.60. The molecule has 0 amide bonds. The third kappa shape index (κ3) is 3.72. The second-order valence-corrected chi connectivity index (χ2v) is 9.44. The van der Waals surface area contributed by atoms with Crippen molar-refractivity contribution < 1.29 is 42.7 Å². The molecule has 36 heavy (non-hydrogen) atoms. The Morgan fingerprint density at radius 1 is 0.861 bits per heavy atom. The summed E-state index contributed by atoms with van der Waals surface area (Å²) in [6.07, 6.45) is 2.18. The van der Waals surface area contributed by atoms with Crippen LogP contribution in [0.25, 0.3) is 0 Å². The minimum absolute atomic E-state index is 0.152. The standard InChI is InChI=1S/C27H30O9/c1-29-20-8-14(9-21(30-2)26(20)31-3)23-15-10-18-19(35-13-34-18)11-16(15)25(17-12-33-27(28)24(17)23)36-22-6-4-5-7-32-22/h8-11,17,22-25H,4-7,12-13H2,1-3H3/t17-,22+,23-,24-,25-/m0/s1. The van der Waals surface area contributed by atoms with Gasteiger partial charge in [0.2, 0.25) is 12.5 Å². The van der Waals surface area contributed by atoms with E-state index in [0.29, 0.717) is 35.4 Å². The number of hydrogen-bond donors (Lipinski definition) is 0. The molecule has 1 aliphatic carbocycles. The first-order valence-electron chi connectivity index (χ1n) is 12.3. The zero-order chi connectivity index (χ0) is 24.8. The van der Waals surface area contributed by atoms with Crippen LogP contribution >= 0.6 is 0 Å². The first-order chi connectivity index (χ1) is 17.6. The number of ether oxygens (including phenoxy) is 8. The first-order valence-corrected chi connectivity index (χ1v) is 12.3. The summed E-state index contributed by atoms with van der Waals surface area (Å²) in [5.41, 5.74) is 2.73. The van der Waals surface area contributed by atoms with E-state index in [-0.39, 0.29) is 43.6 Å². The Morgan fingerprint density at radius 3 is 2.22 bits per heavy atom. The highest BCUT2D eigenvalue weighted by Crippen LogP contribution is 2.56. The van der Waals surface area contributed by atoms with Crippen molar-refractivity contribution in [1.29, 1.82) is 0 Å². The molecular weight excluding hydrogens is 468 g/mol. The van der Waals surface area contributed by atoms with Gasteiger partial charge in [0.15, 0.2) is 29.3 Å². The van der Waals surface area contributed by atoms with Crippen LogP contribution in [0.1, 0.15) is 48.0 Å². The maximum atomic E-state index is 13.3. The Morgan fingerprint density at radius 2 is 1.58 bits per heavy atom. The molecule has 4 aliphatic rings. The second-order valence-electron chi connectivity index (χ2n) is 9.44. The average molecular weight is 499 g/mol. The molecular formula is C27H30O9. The van der Waals surface area contributed by atoms with Crippen LogP contribution < -0.4 is 23.7 Å². The topological polar surface area (TPSA) is 90.9 Å². The number of cyclic esters (lactones) is 1. The lowest BCUT2D eigenvalue weighted by molar-refractivity contribution is -0.205. The third-order valence-electron chi connectivity index (χ3n) is 7.60. The summed E-state index contributed by atoms with van der Waals surface area (Å²) in [7, 11) is 4.72. The highest BCUT2D eigenvalue weighted by atomic mass is 16.7. The molecule has 9 nitrogen and oxygen atoms in total. The quantitative estimate of drug-likeness (QED) is 0.549. The van der Waals surface area contributed by atoms with Gasteiger partial charge in [-0.05, 0) is 60.2 Å². The maximum absolute atomic E-state index is 13.3. The van der Waals surface area contributed by atoms with Gasteiger partial charge in [0.1, 0.15) is 0 Å². The zero-order valence-electron chi connectivity index (χ0n) is 20.6. The summed E-state index contributed by atoms with van der Waals surface area (Å²) in [4.78, 5) is 13.3. The highest BCUT2D eigenvalue weighted by Gasteiger charge is 2.53. The van der Waals surface area contributed by atoms with Crippen LogP contribution in [0, 0.1) is 11.8 Å². The minimum atomic E-state index is -0.464. The number of rotatable bonds is 6. The molecule has 192 valence electrons. The molecule has 2 aromatic carbocycles. The van der Waals surface area contributed by atoms with Crippen molar-refractivity contribution in [3.05, 3.63) is 41.0 Å². The van der Waals surface area contributed by atoms with E-state index in [1.807, 2.05) is 24.3 Å². The molecule has 2 saturated heterocycles. The fraction of sp³-hybridized carbons (Fsp3) is 0.519. The molecule has 0 N–H and O–H groups in total. The van der Waals surface area contributed by atoms with Gasteiger partial charge < -0.3 is 37.9 Å². The SMILES string of the molecule is COc1cc([C@H]2c3cc4c(cc3[C@H](O[C@@H]3CCCCO3)[C@H]3COC(=O)[C@H]23)OCO4)cc(OC)c1OC. The fourth-order valence-corrected chi connectivity index (χ4v) is 5.95. The van der Waals surface area contributed by atoms with Gasteiger partial charge >= 0.3 is 5.97 Å². The van der Waals surface area contributed by atoms with Crippen molar-refractivity contribution in [3.8, 4) is 28.7 Å². The lowest BCUT2D eigenvalue weighted by Crippen LogP contribution is -2.38. The molecule has 5 atom stereocenters. The smallest absolute Gasteiger partial charge is 0.310 e. The van der Waals surface area contributed by atoms with Gasteiger partial charge in [0.05, 0.1) is 40.0 Å². The predicted molar refractivity (Wildman–Crippen MR) is 126 cm³/mol. The van der Waals surface area contributed by atoms with Gasteiger partial charge in [-0.25, -0.2) is 0 Å². The van der Waals surface area contributed by atoms with Gasteiger partial charge in [-0.3, -0.25) is 4.79 Å². The van der Waals surface area contributed by atoms with Crippen molar-refractivity contribution in [2.75, 3.05) is 41.3 Å². The highest BCUT2D eigenvalue weighted by molar-refractivity contribution is 5.79. The lowest BCUT2D eigenvalue weighted by atomic mass is 9.66. The molecule has 3 heterocycles. The Labute approximate surface area is 209 Å². The lowest BCUT2D eigenvalue weighted by Gasteiger charge is -2.40. The normalized spacial score (nSPS) is 28.2. The van der Waals surface area contributed by atoms with E-state index in [0.717, 1.165) is 36.0 Å². The van der Waals surface area contributed by atoms with Crippen LogP contribution in [0.4, 0.5) is 0 Å². The molecule has 3 aliphatic heterocycles. The Bertz CT molecular complexity index is 1130. The Balaban J connectivity index is 1.52. The van der Waals surface area contributed by atoms with E-state index in [1.165, 1.54) is 0 Å². The van der Waals surface area contributed by atoms with Gasteiger partial charge in [-0.1, -0.05) is 0 Å². The number of hydrogen-bond acceptors (Lipinski definition) is 9. The van der Waals surface area contributed by atoms with Gasteiger partial charge in [-0.2, -0.15) is 0 Å². The first kappa shape index (κ1) is 23.2. The van der Waals surface area contributed by atoms with Crippen molar-refractivity contribution in [2.45, 2.75) is 37.6 Å². The van der Waals surface area contributed by atoms with Gasteiger partial charge in [0.25, 0.3) is 0 Å². The largest absolute Gasteiger partial charge is 0.493 e. The average Bonchev–Trinajstić information content (AvgIpc) is 3.53. The molecule has 0 bridgehead atoms. The Kier molecular flexibility index (Phi) is 6.05. The summed E-state index contributed by atoms with van der Waals surface area (Å²) < 4.78 is 46.4. The number of carbonyl (C=O) groups excluding carboxylic acids is 1. The van der Waals surface area contributed by atoms with Gasteiger partial charge in [0, 0.05) is 18.4 Å². The monoisotopic (exact) mass is 498 g/mol. The van der Waals surface area contributed by atoms with Crippen molar-refractivity contribution in [1.82, 2.24) is 0 Å². The second kappa shape index (κ2) is 9.37. The minimum Gasteiger partial charge on any atom is -0.493 e. The molecule has 0 spiro atoms. The summed E-state index contributed by atoms with van der Waals surface area (Å²) in [5, 5.41) is 0. The van der Waals surface area contributed by atoms with E-state index >= 15 is 0 Å². The molecule has 6 rings (SSSR count). The van der Waals surface area contributed by atoms with Crippen LogP contribution in [-0.4, -0.2) is 53.6 Å². The van der Waals surface area contributed by atoms with E-state index in [9.17, 15) is 4.79 Å². The van der Waals surface area contributed by atoms with Gasteiger partial charge in [-0.15, -0.1) is 0 Å². The summed E-state index contributed by atoms with van der Waals surface area (Å²) in [6, 6.07) is 7.74. The number of esters is 1. The molecule has 0 saturated carbocycles. The fourth-order valence-electron chi connectivity index (χ4n) is 5.95. The molecule has 9 heteroatoms.